The highest BCUT2D eigenvalue weighted by atomic mass is 16.1. The Morgan fingerprint density at radius 2 is 1.84 bits per heavy atom. The van der Waals surface area contributed by atoms with E-state index >= 15 is 0 Å². The molecule has 4 heteroatoms. The van der Waals surface area contributed by atoms with E-state index in [0.717, 1.165) is 31.4 Å². The molecule has 0 radical (unpaired) electrons. The van der Waals surface area contributed by atoms with E-state index in [1.165, 1.54) is 0 Å². The number of aromatic nitrogens is 2. The van der Waals surface area contributed by atoms with Crippen molar-refractivity contribution in [3.63, 3.8) is 0 Å². The summed E-state index contributed by atoms with van der Waals surface area (Å²) in [6, 6.07) is 10.0. The van der Waals surface area contributed by atoms with Gasteiger partial charge in [0.15, 0.2) is 6.29 Å². The highest BCUT2D eigenvalue weighted by molar-refractivity contribution is 5.73. The smallest absolute Gasteiger partial charge is 0.229 e. The molecule has 0 spiro atoms. The van der Waals surface area contributed by atoms with E-state index in [-0.39, 0.29) is 0 Å². The second kappa shape index (κ2) is 6.64. The van der Waals surface area contributed by atoms with Crippen LogP contribution in [0.3, 0.4) is 0 Å². The molecule has 0 saturated carbocycles. The Labute approximate surface area is 113 Å². The third kappa shape index (κ3) is 3.37. The van der Waals surface area contributed by atoms with Crippen LogP contribution in [0.5, 0.6) is 0 Å². The lowest BCUT2D eigenvalue weighted by Gasteiger charge is -2.22. The summed E-state index contributed by atoms with van der Waals surface area (Å²) in [4.78, 5) is 21.2. The Bertz CT molecular complexity index is 511. The predicted molar refractivity (Wildman–Crippen MR) is 75.8 cm³/mol. The van der Waals surface area contributed by atoms with E-state index < -0.39 is 0 Å². The normalized spacial score (nSPS) is 10.2. The van der Waals surface area contributed by atoms with Crippen LogP contribution >= 0.6 is 0 Å². The minimum absolute atomic E-state index is 0.493. The standard InChI is InChI=1S/C15H17N3O/c1-2-3-9-18(14-7-5-4-6-8-14)15-16-10-13(12-19)11-17-15/h4-8,10-12H,2-3,9H2,1H3. The van der Waals surface area contributed by atoms with Crippen molar-refractivity contribution >= 4 is 17.9 Å². The van der Waals surface area contributed by atoms with Crippen molar-refractivity contribution in [1.82, 2.24) is 9.97 Å². The fourth-order valence-electron chi connectivity index (χ4n) is 1.80. The summed E-state index contributed by atoms with van der Waals surface area (Å²) in [7, 11) is 0. The van der Waals surface area contributed by atoms with Crippen molar-refractivity contribution in [3.8, 4) is 0 Å². The minimum Gasteiger partial charge on any atom is -0.311 e. The topological polar surface area (TPSA) is 46.1 Å². The number of hydrogen-bond donors (Lipinski definition) is 0. The molecule has 1 heterocycles. The number of para-hydroxylation sites is 1. The van der Waals surface area contributed by atoms with Crippen LogP contribution < -0.4 is 4.90 Å². The molecule has 0 N–H and O–H groups in total. The Balaban J connectivity index is 2.28. The number of benzene rings is 1. The fourth-order valence-corrected chi connectivity index (χ4v) is 1.80. The van der Waals surface area contributed by atoms with Gasteiger partial charge in [-0.3, -0.25) is 4.79 Å². The summed E-state index contributed by atoms with van der Waals surface area (Å²) in [6.45, 7) is 3.01. The Hall–Kier alpha value is -2.23. The first-order valence-corrected chi connectivity index (χ1v) is 6.45. The van der Waals surface area contributed by atoms with Gasteiger partial charge in [-0.05, 0) is 18.6 Å². The molecular formula is C15H17N3O. The van der Waals surface area contributed by atoms with Gasteiger partial charge in [0.05, 0.1) is 5.56 Å². The third-order valence-electron chi connectivity index (χ3n) is 2.84. The molecule has 4 nitrogen and oxygen atoms in total. The SMILES string of the molecule is CCCCN(c1ccccc1)c1ncc(C=O)cn1. The highest BCUT2D eigenvalue weighted by Gasteiger charge is 2.11. The summed E-state index contributed by atoms with van der Waals surface area (Å²) in [6.07, 6.45) is 6.03. The quantitative estimate of drug-likeness (QED) is 0.743. The first-order valence-electron chi connectivity index (χ1n) is 6.45. The van der Waals surface area contributed by atoms with Crippen molar-refractivity contribution < 1.29 is 4.79 Å². The number of hydrogen-bond acceptors (Lipinski definition) is 4. The molecule has 19 heavy (non-hydrogen) atoms. The number of anilines is 2. The zero-order valence-corrected chi connectivity index (χ0v) is 11.0. The van der Waals surface area contributed by atoms with Gasteiger partial charge in [0, 0.05) is 24.6 Å². The van der Waals surface area contributed by atoms with Crippen molar-refractivity contribution in [2.24, 2.45) is 0 Å². The van der Waals surface area contributed by atoms with E-state index in [9.17, 15) is 4.79 Å². The Kier molecular flexibility index (Phi) is 4.61. The van der Waals surface area contributed by atoms with Crippen LogP contribution in [-0.2, 0) is 0 Å². The summed E-state index contributed by atoms with van der Waals surface area (Å²) in [5, 5.41) is 0. The molecule has 0 aliphatic rings. The van der Waals surface area contributed by atoms with Crippen LogP contribution in [-0.4, -0.2) is 22.8 Å². The molecular weight excluding hydrogens is 238 g/mol. The number of aldehydes is 1. The molecule has 0 unspecified atom stereocenters. The van der Waals surface area contributed by atoms with Gasteiger partial charge in [-0.1, -0.05) is 31.5 Å². The number of unbranched alkanes of at least 4 members (excludes halogenated alkanes) is 1. The largest absolute Gasteiger partial charge is 0.311 e. The molecule has 0 saturated heterocycles. The second-order valence-electron chi connectivity index (χ2n) is 4.27. The first-order chi connectivity index (χ1) is 9.35. The van der Waals surface area contributed by atoms with Gasteiger partial charge in [-0.25, -0.2) is 9.97 Å². The van der Waals surface area contributed by atoms with Crippen LogP contribution in [0.25, 0.3) is 0 Å². The van der Waals surface area contributed by atoms with Crippen molar-refractivity contribution in [2.45, 2.75) is 19.8 Å². The molecule has 0 amide bonds. The van der Waals surface area contributed by atoms with Gasteiger partial charge >= 0.3 is 0 Å². The van der Waals surface area contributed by atoms with Gasteiger partial charge < -0.3 is 4.90 Å². The van der Waals surface area contributed by atoms with Gasteiger partial charge in [0.2, 0.25) is 5.95 Å². The molecule has 2 rings (SSSR count). The summed E-state index contributed by atoms with van der Waals surface area (Å²) in [5.74, 6) is 0.630. The molecule has 98 valence electrons. The van der Waals surface area contributed by atoms with Crippen LogP contribution in [0.2, 0.25) is 0 Å². The van der Waals surface area contributed by atoms with Crippen LogP contribution in [0, 0.1) is 0 Å². The zero-order valence-electron chi connectivity index (χ0n) is 11.0. The average Bonchev–Trinajstić information content (AvgIpc) is 2.49. The lowest BCUT2D eigenvalue weighted by Crippen LogP contribution is -2.20. The first kappa shape index (κ1) is 13.2. The zero-order chi connectivity index (χ0) is 13.5. The number of carbonyl (C=O) groups is 1. The van der Waals surface area contributed by atoms with Crippen LogP contribution in [0.15, 0.2) is 42.7 Å². The summed E-state index contributed by atoms with van der Waals surface area (Å²) >= 11 is 0. The minimum atomic E-state index is 0.493. The predicted octanol–water partition coefficient (Wildman–Crippen LogP) is 3.23. The van der Waals surface area contributed by atoms with Crippen molar-refractivity contribution in [1.29, 1.82) is 0 Å². The van der Waals surface area contributed by atoms with E-state index in [1.54, 1.807) is 12.4 Å². The highest BCUT2D eigenvalue weighted by Crippen LogP contribution is 2.21. The van der Waals surface area contributed by atoms with E-state index in [2.05, 4.69) is 21.8 Å². The van der Waals surface area contributed by atoms with E-state index in [0.29, 0.717) is 11.5 Å². The Morgan fingerprint density at radius 3 is 2.42 bits per heavy atom. The Morgan fingerprint density at radius 1 is 1.16 bits per heavy atom. The molecule has 0 atom stereocenters. The summed E-state index contributed by atoms with van der Waals surface area (Å²) < 4.78 is 0. The second-order valence-corrected chi connectivity index (χ2v) is 4.27. The lowest BCUT2D eigenvalue weighted by molar-refractivity contribution is 0.112. The molecule has 1 aromatic heterocycles. The van der Waals surface area contributed by atoms with Crippen LogP contribution in [0.4, 0.5) is 11.6 Å². The van der Waals surface area contributed by atoms with E-state index in [4.69, 9.17) is 0 Å². The molecule has 0 aliphatic carbocycles. The van der Waals surface area contributed by atoms with Crippen molar-refractivity contribution in [2.75, 3.05) is 11.4 Å². The summed E-state index contributed by atoms with van der Waals surface area (Å²) in [5.41, 5.74) is 1.56. The molecule has 1 aromatic carbocycles. The fraction of sp³-hybridized carbons (Fsp3) is 0.267. The van der Waals surface area contributed by atoms with Crippen LogP contribution in [0.1, 0.15) is 30.1 Å². The number of rotatable bonds is 6. The molecule has 0 fully saturated rings. The molecule has 0 aliphatic heterocycles. The third-order valence-corrected chi connectivity index (χ3v) is 2.84. The maximum Gasteiger partial charge on any atom is 0.229 e. The molecule has 0 bridgehead atoms. The van der Waals surface area contributed by atoms with Gasteiger partial charge in [-0.2, -0.15) is 0 Å². The number of nitrogens with zero attached hydrogens (tertiary/aromatic N) is 3. The maximum absolute atomic E-state index is 10.6. The van der Waals surface area contributed by atoms with E-state index in [1.807, 2.05) is 30.3 Å². The maximum atomic E-state index is 10.6. The van der Waals surface area contributed by atoms with Gasteiger partial charge in [0.1, 0.15) is 0 Å². The monoisotopic (exact) mass is 255 g/mol. The lowest BCUT2D eigenvalue weighted by atomic mass is 10.2. The van der Waals surface area contributed by atoms with Gasteiger partial charge in [-0.15, -0.1) is 0 Å². The van der Waals surface area contributed by atoms with Crippen molar-refractivity contribution in [3.05, 3.63) is 48.3 Å². The number of carbonyl (C=O) groups excluding carboxylic acids is 1. The van der Waals surface area contributed by atoms with Gasteiger partial charge in [0.25, 0.3) is 0 Å². The molecule has 2 aromatic rings. The average molecular weight is 255 g/mol.